The molecule has 3 rings (SSSR count). The van der Waals surface area contributed by atoms with Gasteiger partial charge in [-0.25, -0.2) is 0 Å². The van der Waals surface area contributed by atoms with Gasteiger partial charge in [0.25, 0.3) is 5.91 Å². The van der Waals surface area contributed by atoms with Gasteiger partial charge in [-0.05, 0) is 46.6 Å². The van der Waals surface area contributed by atoms with Crippen molar-refractivity contribution >= 4 is 5.91 Å². The number of carbonyl (C=O) groups excluding carboxylic acids is 1. The number of carbonyl (C=O) groups is 1. The quantitative estimate of drug-likeness (QED) is 0.871. The van der Waals surface area contributed by atoms with E-state index in [1.54, 1.807) is 6.92 Å². The lowest BCUT2D eigenvalue weighted by atomic mass is 10.1. The van der Waals surface area contributed by atoms with E-state index in [1.165, 1.54) is 0 Å². The monoisotopic (exact) mass is 316 g/mol. The van der Waals surface area contributed by atoms with Crippen LogP contribution in [0.1, 0.15) is 72.2 Å². The molecule has 1 fully saturated rings. The van der Waals surface area contributed by atoms with E-state index < -0.39 is 0 Å². The second-order valence-corrected chi connectivity index (χ2v) is 6.58. The van der Waals surface area contributed by atoms with E-state index in [-0.39, 0.29) is 11.9 Å². The smallest absolute Gasteiger partial charge is 0.256 e. The van der Waals surface area contributed by atoms with Gasteiger partial charge in [-0.2, -0.15) is 4.98 Å². The second-order valence-electron chi connectivity index (χ2n) is 6.58. The van der Waals surface area contributed by atoms with E-state index in [9.17, 15) is 4.79 Å². The molecular weight excluding hydrogens is 292 g/mol. The predicted octanol–water partition coefficient (Wildman–Crippen LogP) is 3.35. The minimum Gasteiger partial charge on any atom is -0.346 e. The molecule has 1 saturated heterocycles. The lowest BCUT2D eigenvalue weighted by Gasteiger charge is -2.22. The zero-order chi connectivity index (χ0) is 16.7. The highest BCUT2D eigenvalue weighted by Gasteiger charge is 2.35. The Hall–Kier alpha value is -2.11. The highest BCUT2D eigenvalue weighted by atomic mass is 16.5. The highest BCUT2D eigenvalue weighted by molar-refractivity contribution is 5.96. The summed E-state index contributed by atoms with van der Waals surface area (Å²) in [5, 5.41) is 4.01. The van der Waals surface area contributed by atoms with Gasteiger partial charge in [0, 0.05) is 30.9 Å². The summed E-state index contributed by atoms with van der Waals surface area (Å²) in [7, 11) is 0. The molecule has 0 N–H and O–H groups in total. The van der Waals surface area contributed by atoms with Crippen LogP contribution in [-0.4, -0.2) is 32.1 Å². The molecule has 0 aromatic carbocycles. The molecular formula is C17H24N4O2. The fourth-order valence-electron chi connectivity index (χ4n) is 3.67. The summed E-state index contributed by atoms with van der Waals surface area (Å²) in [6.45, 7) is 10.8. The average Bonchev–Trinajstić information content (AvgIpc) is 3.16. The standard InChI is InChI=1S/C17H24N4O2/c1-10(2)21-11(3)9-14(12(21)4)17(22)20-8-6-7-15(20)16-18-13(5)23-19-16/h9-10,15H,6-8H2,1-5H3. The topological polar surface area (TPSA) is 64.2 Å². The summed E-state index contributed by atoms with van der Waals surface area (Å²) >= 11 is 0. The SMILES string of the molecule is Cc1nc(C2CCCN2C(=O)c2cc(C)n(C(C)C)c2C)no1. The van der Waals surface area contributed by atoms with Crippen molar-refractivity contribution in [2.75, 3.05) is 6.54 Å². The summed E-state index contributed by atoms with van der Waals surface area (Å²) in [5.74, 6) is 1.22. The van der Waals surface area contributed by atoms with Gasteiger partial charge in [0.15, 0.2) is 5.82 Å². The molecule has 3 heterocycles. The Morgan fingerprint density at radius 1 is 1.35 bits per heavy atom. The number of amides is 1. The van der Waals surface area contributed by atoms with E-state index >= 15 is 0 Å². The van der Waals surface area contributed by atoms with Crippen LogP contribution in [0.5, 0.6) is 0 Å². The van der Waals surface area contributed by atoms with Gasteiger partial charge in [-0.3, -0.25) is 4.79 Å². The number of aromatic nitrogens is 3. The summed E-state index contributed by atoms with van der Waals surface area (Å²) in [4.78, 5) is 19.3. The molecule has 1 atom stereocenters. The van der Waals surface area contributed by atoms with E-state index in [4.69, 9.17) is 4.52 Å². The zero-order valence-corrected chi connectivity index (χ0v) is 14.5. The van der Waals surface area contributed by atoms with Gasteiger partial charge < -0.3 is 14.0 Å². The molecule has 1 aliphatic heterocycles. The van der Waals surface area contributed by atoms with Crippen LogP contribution < -0.4 is 0 Å². The van der Waals surface area contributed by atoms with Crippen molar-refractivity contribution in [2.24, 2.45) is 0 Å². The summed E-state index contributed by atoms with van der Waals surface area (Å²) < 4.78 is 7.29. The molecule has 0 aliphatic carbocycles. The third-order valence-electron chi connectivity index (χ3n) is 4.59. The number of aryl methyl sites for hydroxylation is 2. The fourth-order valence-corrected chi connectivity index (χ4v) is 3.67. The molecule has 0 spiro atoms. The molecule has 124 valence electrons. The van der Waals surface area contributed by atoms with E-state index in [1.807, 2.05) is 24.8 Å². The van der Waals surface area contributed by atoms with Crippen molar-refractivity contribution in [1.29, 1.82) is 0 Å². The molecule has 1 aliphatic rings. The van der Waals surface area contributed by atoms with Crippen LogP contribution in [0.25, 0.3) is 0 Å². The third-order valence-corrected chi connectivity index (χ3v) is 4.59. The highest BCUT2D eigenvalue weighted by Crippen LogP contribution is 2.33. The van der Waals surface area contributed by atoms with Gasteiger partial charge >= 0.3 is 0 Å². The van der Waals surface area contributed by atoms with Gasteiger partial charge in [0.2, 0.25) is 5.89 Å². The van der Waals surface area contributed by atoms with Gasteiger partial charge in [-0.1, -0.05) is 5.16 Å². The van der Waals surface area contributed by atoms with Crippen molar-refractivity contribution in [3.8, 4) is 0 Å². The molecule has 0 bridgehead atoms. The summed E-state index contributed by atoms with van der Waals surface area (Å²) in [5.41, 5.74) is 2.92. The maximum Gasteiger partial charge on any atom is 0.256 e. The lowest BCUT2D eigenvalue weighted by molar-refractivity contribution is 0.0727. The Morgan fingerprint density at radius 2 is 2.09 bits per heavy atom. The molecule has 23 heavy (non-hydrogen) atoms. The molecule has 6 heteroatoms. The van der Waals surface area contributed by atoms with Crippen molar-refractivity contribution in [2.45, 2.75) is 59.5 Å². The minimum absolute atomic E-state index is 0.0648. The van der Waals surface area contributed by atoms with E-state index in [2.05, 4.69) is 28.6 Å². The summed E-state index contributed by atoms with van der Waals surface area (Å²) in [6, 6.07) is 2.25. The van der Waals surface area contributed by atoms with Crippen molar-refractivity contribution in [3.05, 3.63) is 34.7 Å². The van der Waals surface area contributed by atoms with Crippen LogP contribution in [-0.2, 0) is 0 Å². The van der Waals surface area contributed by atoms with Crippen molar-refractivity contribution in [1.82, 2.24) is 19.6 Å². The first-order valence-corrected chi connectivity index (χ1v) is 8.19. The van der Waals surface area contributed by atoms with Crippen LogP contribution in [0.3, 0.4) is 0 Å². The lowest BCUT2D eigenvalue weighted by Crippen LogP contribution is -2.31. The number of nitrogens with zero attached hydrogens (tertiary/aromatic N) is 4. The van der Waals surface area contributed by atoms with Crippen LogP contribution in [0.2, 0.25) is 0 Å². The Kier molecular flexibility index (Phi) is 4.00. The average molecular weight is 316 g/mol. The third kappa shape index (κ3) is 2.66. The Bertz CT molecular complexity index is 729. The summed E-state index contributed by atoms with van der Waals surface area (Å²) in [6.07, 6.45) is 1.85. The van der Waals surface area contributed by atoms with Crippen molar-refractivity contribution in [3.63, 3.8) is 0 Å². The number of hydrogen-bond acceptors (Lipinski definition) is 4. The number of hydrogen-bond donors (Lipinski definition) is 0. The maximum atomic E-state index is 13.1. The largest absolute Gasteiger partial charge is 0.346 e. The van der Waals surface area contributed by atoms with E-state index in [0.717, 1.165) is 36.3 Å². The van der Waals surface area contributed by atoms with Crippen LogP contribution in [0, 0.1) is 20.8 Å². The van der Waals surface area contributed by atoms with Crippen LogP contribution >= 0.6 is 0 Å². The van der Waals surface area contributed by atoms with Crippen molar-refractivity contribution < 1.29 is 9.32 Å². The molecule has 0 radical (unpaired) electrons. The number of rotatable bonds is 3. The molecule has 2 aromatic rings. The molecule has 1 unspecified atom stereocenters. The molecule has 2 aromatic heterocycles. The van der Waals surface area contributed by atoms with Crippen LogP contribution in [0.15, 0.2) is 10.6 Å². The Labute approximate surface area is 136 Å². The van der Waals surface area contributed by atoms with Gasteiger partial charge in [-0.15, -0.1) is 0 Å². The predicted molar refractivity (Wildman–Crippen MR) is 86.3 cm³/mol. The molecule has 0 saturated carbocycles. The normalized spacial score (nSPS) is 18.2. The van der Waals surface area contributed by atoms with Crippen LogP contribution in [0.4, 0.5) is 0 Å². The first-order chi connectivity index (χ1) is 10.9. The molecule has 6 nitrogen and oxygen atoms in total. The first-order valence-electron chi connectivity index (χ1n) is 8.19. The zero-order valence-electron chi connectivity index (χ0n) is 14.5. The fraction of sp³-hybridized carbons (Fsp3) is 0.588. The molecule has 1 amide bonds. The second kappa shape index (κ2) is 5.83. The van der Waals surface area contributed by atoms with Gasteiger partial charge in [0.05, 0.1) is 11.6 Å². The Morgan fingerprint density at radius 3 is 2.65 bits per heavy atom. The number of likely N-dealkylation sites (tertiary alicyclic amines) is 1. The first kappa shape index (κ1) is 15.8. The Balaban J connectivity index is 1.92. The van der Waals surface area contributed by atoms with E-state index in [0.29, 0.717) is 17.8 Å². The maximum absolute atomic E-state index is 13.1. The minimum atomic E-state index is -0.0814. The van der Waals surface area contributed by atoms with Gasteiger partial charge in [0.1, 0.15) is 0 Å².